The molecule has 7 nitrogen and oxygen atoms in total. The third kappa shape index (κ3) is 5.93. The molecule has 7 heteroatoms. The van der Waals surface area contributed by atoms with E-state index in [0.717, 1.165) is 50.3 Å². The first-order chi connectivity index (χ1) is 13.7. The van der Waals surface area contributed by atoms with Gasteiger partial charge in [-0.25, -0.2) is 0 Å². The zero-order valence-electron chi connectivity index (χ0n) is 18.0. The summed E-state index contributed by atoms with van der Waals surface area (Å²) in [5, 5.41) is 15.5. The molecule has 2 heterocycles. The standard InChI is InChI=1S/C21H39N7/c1-4-20-26-24-16-28(20)14-12-22-21(25-18-10-8-17(3)9-11-18)23-15-19-7-6-13-27(19)5-2/h16-19H,4-15H2,1-3H3,(H2,22,23,25). The SMILES string of the molecule is CCc1nncn1CCNC(=NCC1CCCN1CC)NC1CCC(C)CC1. The topological polar surface area (TPSA) is 70.4 Å². The average Bonchev–Trinajstić information content (AvgIpc) is 3.36. The van der Waals surface area contributed by atoms with Gasteiger partial charge in [-0.05, 0) is 57.5 Å². The van der Waals surface area contributed by atoms with Crippen LogP contribution in [-0.4, -0.2) is 63.9 Å². The van der Waals surface area contributed by atoms with E-state index >= 15 is 0 Å². The molecule has 158 valence electrons. The van der Waals surface area contributed by atoms with Crippen LogP contribution >= 0.6 is 0 Å². The Morgan fingerprint density at radius 1 is 1.21 bits per heavy atom. The third-order valence-corrected chi connectivity index (χ3v) is 6.38. The summed E-state index contributed by atoms with van der Waals surface area (Å²) in [6, 6.07) is 1.15. The molecule has 1 atom stereocenters. The van der Waals surface area contributed by atoms with E-state index in [9.17, 15) is 0 Å². The molecule has 1 aliphatic heterocycles. The van der Waals surface area contributed by atoms with Gasteiger partial charge in [-0.2, -0.15) is 0 Å². The summed E-state index contributed by atoms with van der Waals surface area (Å²) in [7, 11) is 0. The van der Waals surface area contributed by atoms with E-state index in [1.54, 1.807) is 0 Å². The molecule has 2 fully saturated rings. The molecule has 1 aliphatic carbocycles. The highest BCUT2D eigenvalue weighted by Crippen LogP contribution is 2.23. The molecule has 0 radical (unpaired) electrons. The number of hydrogen-bond acceptors (Lipinski definition) is 4. The summed E-state index contributed by atoms with van der Waals surface area (Å²) in [5.74, 6) is 2.89. The molecule has 0 spiro atoms. The number of aromatic nitrogens is 3. The first kappa shape index (κ1) is 21.1. The summed E-state index contributed by atoms with van der Waals surface area (Å²) in [6.45, 7) is 11.7. The van der Waals surface area contributed by atoms with Gasteiger partial charge < -0.3 is 15.2 Å². The Bertz CT molecular complexity index is 604. The minimum Gasteiger partial charge on any atom is -0.355 e. The fourth-order valence-corrected chi connectivity index (χ4v) is 4.50. The number of likely N-dealkylation sites (tertiary alicyclic amines) is 1. The first-order valence-corrected chi connectivity index (χ1v) is 11.3. The lowest BCUT2D eigenvalue weighted by Gasteiger charge is -2.29. The maximum absolute atomic E-state index is 4.99. The van der Waals surface area contributed by atoms with E-state index < -0.39 is 0 Å². The lowest BCUT2D eigenvalue weighted by molar-refractivity contribution is 0.272. The number of nitrogens with zero attached hydrogens (tertiary/aromatic N) is 5. The highest BCUT2D eigenvalue weighted by atomic mass is 15.3. The Balaban J connectivity index is 1.56. The van der Waals surface area contributed by atoms with Crippen molar-refractivity contribution in [2.24, 2.45) is 10.9 Å². The van der Waals surface area contributed by atoms with Crippen molar-refractivity contribution in [2.45, 2.75) is 84.3 Å². The number of nitrogens with one attached hydrogen (secondary N) is 2. The zero-order chi connectivity index (χ0) is 19.8. The molecular weight excluding hydrogens is 350 g/mol. The number of guanidine groups is 1. The van der Waals surface area contributed by atoms with Gasteiger partial charge in [-0.3, -0.25) is 9.89 Å². The highest BCUT2D eigenvalue weighted by molar-refractivity contribution is 5.80. The zero-order valence-corrected chi connectivity index (χ0v) is 18.0. The van der Waals surface area contributed by atoms with E-state index in [1.807, 2.05) is 6.33 Å². The molecule has 0 aromatic carbocycles. The molecule has 1 unspecified atom stereocenters. The van der Waals surface area contributed by atoms with Crippen LogP contribution < -0.4 is 10.6 Å². The minimum atomic E-state index is 0.550. The predicted octanol–water partition coefficient (Wildman–Crippen LogP) is 2.44. The molecule has 1 saturated heterocycles. The summed E-state index contributed by atoms with van der Waals surface area (Å²) in [5.41, 5.74) is 0. The van der Waals surface area contributed by atoms with Crippen molar-refractivity contribution in [3.63, 3.8) is 0 Å². The lowest BCUT2D eigenvalue weighted by atomic mass is 9.87. The lowest BCUT2D eigenvalue weighted by Crippen LogP contribution is -2.46. The van der Waals surface area contributed by atoms with Gasteiger partial charge in [0.1, 0.15) is 12.2 Å². The number of hydrogen-bond donors (Lipinski definition) is 2. The van der Waals surface area contributed by atoms with Gasteiger partial charge in [-0.1, -0.05) is 20.8 Å². The number of aliphatic imine (C=N–C) groups is 1. The van der Waals surface area contributed by atoms with Gasteiger partial charge in [0.15, 0.2) is 5.96 Å². The van der Waals surface area contributed by atoms with Crippen molar-refractivity contribution >= 4 is 5.96 Å². The fourth-order valence-electron chi connectivity index (χ4n) is 4.50. The van der Waals surface area contributed by atoms with Crippen LogP contribution in [0.4, 0.5) is 0 Å². The number of aryl methyl sites for hydroxylation is 1. The third-order valence-electron chi connectivity index (χ3n) is 6.38. The second-order valence-corrected chi connectivity index (χ2v) is 8.44. The van der Waals surface area contributed by atoms with Crippen LogP contribution in [0, 0.1) is 5.92 Å². The Morgan fingerprint density at radius 3 is 2.79 bits per heavy atom. The second-order valence-electron chi connectivity index (χ2n) is 8.44. The quantitative estimate of drug-likeness (QED) is 0.528. The summed E-state index contributed by atoms with van der Waals surface area (Å²) < 4.78 is 2.13. The monoisotopic (exact) mass is 389 g/mol. The molecule has 3 rings (SSSR count). The van der Waals surface area contributed by atoms with E-state index in [4.69, 9.17) is 4.99 Å². The Hall–Kier alpha value is -1.63. The van der Waals surface area contributed by atoms with Crippen molar-refractivity contribution < 1.29 is 0 Å². The molecular formula is C21H39N7. The molecule has 0 amide bonds. The maximum atomic E-state index is 4.99. The van der Waals surface area contributed by atoms with Crippen molar-refractivity contribution in [1.82, 2.24) is 30.3 Å². The highest BCUT2D eigenvalue weighted by Gasteiger charge is 2.23. The van der Waals surface area contributed by atoms with Crippen LogP contribution in [0.5, 0.6) is 0 Å². The normalized spacial score (nSPS) is 26.5. The molecule has 0 bridgehead atoms. The molecule has 1 aromatic rings. The van der Waals surface area contributed by atoms with E-state index in [0.29, 0.717) is 12.1 Å². The predicted molar refractivity (Wildman–Crippen MR) is 115 cm³/mol. The molecule has 2 aliphatic rings. The van der Waals surface area contributed by atoms with Gasteiger partial charge in [0.05, 0.1) is 6.54 Å². The second kappa shape index (κ2) is 10.8. The Kier molecular flexibility index (Phi) is 8.13. The van der Waals surface area contributed by atoms with Crippen LogP contribution in [0.25, 0.3) is 0 Å². The minimum absolute atomic E-state index is 0.550. The van der Waals surface area contributed by atoms with Crippen molar-refractivity contribution in [1.29, 1.82) is 0 Å². The van der Waals surface area contributed by atoms with Crippen molar-refractivity contribution in [2.75, 3.05) is 26.2 Å². The van der Waals surface area contributed by atoms with Gasteiger partial charge in [-0.15, -0.1) is 10.2 Å². The number of rotatable bonds is 8. The Labute approximate surface area is 170 Å². The van der Waals surface area contributed by atoms with Crippen LogP contribution in [0.3, 0.4) is 0 Å². The summed E-state index contributed by atoms with van der Waals surface area (Å²) >= 11 is 0. The van der Waals surface area contributed by atoms with E-state index in [-0.39, 0.29) is 0 Å². The smallest absolute Gasteiger partial charge is 0.191 e. The summed E-state index contributed by atoms with van der Waals surface area (Å²) in [4.78, 5) is 7.55. The van der Waals surface area contributed by atoms with Gasteiger partial charge in [0, 0.05) is 31.6 Å². The van der Waals surface area contributed by atoms with Crippen molar-refractivity contribution in [3.05, 3.63) is 12.2 Å². The van der Waals surface area contributed by atoms with E-state index in [1.165, 1.54) is 45.1 Å². The van der Waals surface area contributed by atoms with Crippen LogP contribution in [0.1, 0.15) is 65.1 Å². The van der Waals surface area contributed by atoms with Crippen LogP contribution in [-0.2, 0) is 13.0 Å². The van der Waals surface area contributed by atoms with Crippen molar-refractivity contribution in [3.8, 4) is 0 Å². The Morgan fingerprint density at radius 2 is 2.04 bits per heavy atom. The summed E-state index contributed by atoms with van der Waals surface area (Å²) in [6.07, 6.45) is 10.4. The molecule has 1 saturated carbocycles. The largest absolute Gasteiger partial charge is 0.355 e. The van der Waals surface area contributed by atoms with Gasteiger partial charge in [0.2, 0.25) is 0 Å². The van der Waals surface area contributed by atoms with E-state index in [2.05, 4.69) is 51.1 Å². The molecule has 28 heavy (non-hydrogen) atoms. The fraction of sp³-hybridized carbons (Fsp3) is 0.857. The van der Waals surface area contributed by atoms with Gasteiger partial charge >= 0.3 is 0 Å². The van der Waals surface area contributed by atoms with Crippen LogP contribution in [0.2, 0.25) is 0 Å². The van der Waals surface area contributed by atoms with Gasteiger partial charge in [0.25, 0.3) is 0 Å². The van der Waals surface area contributed by atoms with Crippen LogP contribution in [0.15, 0.2) is 11.3 Å². The molecule has 1 aromatic heterocycles. The first-order valence-electron chi connectivity index (χ1n) is 11.3. The average molecular weight is 390 g/mol. The molecule has 2 N–H and O–H groups in total. The maximum Gasteiger partial charge on any atom is 0.191 e. The number of likely N-dealkylation sites (N-methyl/N-ethyl adjacent to an activating group) is 1.